The summed E-state index contributed by atoms with van der Waals surface area (Å²) in [5, 5.41) is 22.4. The molecule has 0 fully saturated rings. The van der Waals surface area contributed by atoms with E-state index < -0.39 is 24.5 Å². The van der Waals surface area contributed by atoms with Crippen LogP contribution in [-0.4, -0.2) is 59.3 Å². The molecule has 0 bridgehead atoms. The van der Waals surface area contributed by atoms with Gasteiger partial charge >= 0.3 is 11.9 Å². The maximum absolute atomic E-state index is 12.6. The van der Waals surface area contributed by atoms with Crippen LogP contribution in [0.3, 0.4) is 0 Å². The van der Waals surface area contributed by atoms with Crippen LogP contribution in [0, 0.1) is 0 Å². The summed E-state index contributed by atoms with van der Waals surface area (Å²) in [6.45, 7) is 3.41. The van der Waals surface area contributed by atoms with E-state index in [0.29, 0.717) is 12.8 Å². The molecule has 4 N–H and O–H groups in total. The molecule has 2 unspecified atom stereocenters. The van der Waals surface area contributed by atoms with Gasteiger partial charge in [0.2, 0.25) is 11.8 Å². The van der Waals surface area contributed by atoms with E-state index in [0.717, 1.165) is 51.4 Å². The fraction of sp³-hybridized carbons (Fsp3) is 0.833. The molecule has 0 aromatic heterocycles. The zero-order valence-corrected chi connectivity index (χ0v) is 28.6. The van der Waals surface area contributed by atoms with Crippen LogP contribution >= 0.6 is 0 Å². The number of aliphatic hydroxyl groups is 1. The summed E-state index contributed by atoms with van der Waals surface area (Å²) in [7, 11) is 0. The fourth-order valence-corrected chi connectivity index (χ4v) is 5.15. The van der Waals surface area contributed by atoms with Gasteiger partial charge in [0.1, 0.15) is 12.1 Å². The van der Waals surface area contributed by atoms with E-state index in [1.165, 1.54) is 83.5 Å². The molecule has 0 aromatic carbocycles. The number of amides is 2. The van der Waals surface area contributed by atoms with Crippen LogP contribution in [-0.2, 0) is 23.9 Å². The number of carbonyl (C=O) groups is 4. The standard InChI is InChI=1S/C36H66N2O7/c1-3-5-7-9-11-13-14-16-18-24-28-35(42)45-31(25-21-17-15-12-10-8-6-4-2)26-22-19-20-23-27-33(40)37-29-34(41)38-32(30-39)36(43)44/h21,25,31-32,39H,3-20,22-24,26-30H2,1-2H3,(H,37,40)(H,38,41)(H,43,44)/b25-21-. The van der Waals surface area contributed by atoms with E-state index in [-0.39, 0.29) is 30.9 Å². The number of carboxylic acids is 1. The molecule has 0 saturated heterocycles. The van der Waals surface area contributed by atoms with Crippen LogP contribution in [0.15, 0.2) is 12.2 Å². The number of carboxylic acid groups (broad SMARTS) is 1. The van der Waals surface area contributed by atoms with Gasteiger partial charge in [0.05, 0.1) is 13.2 Å². The zero-order valence-electron chi connectivity index (χ0n) is 28.6. The Kier molecular flexibility index (Phi) is 29.9. The second kappa shape index (κ2) is 31.6. The quantitative estimate of drug-likeness (QED) is 0.0339. The van der Waals surface area contributed by atoms with Gasteiger partial charge in [-0.25, -0.2) is 4.79 Å². The van der Waals surface area contributed by atoms with Crippen molar-refractivity contribution in [2.75, 3.05) is 13.2 Å². The highest BCUT2D eigenvalue weighted by molar-refractivity contribution is 5.87. The number of aliphatic hydroxyl groups excluding tert-OH is 1. The van der Waals surface area contributed by atoms with Gasteiger partial charge in [-0.2, -0.15) is 0 Å². The molecular formula is C36H66N2O7. The third-order valence-corrected chi connectivity index (χ3v) is 8.00. The van der Waals surface area contributed by atoms with Crippen molar-refractivity contribution in [1.29, 1.82) is 0 Å². The van der Waals surface area contributed by atoms with Crippen molar-refractivity contribution >= 4 is 23.8 Å². The fourth-order valence-electron chi connectivity index (χ4n) is 5.15. The van der Waals surface area contributed by atoms with Crippen LogP contribution in [0.1, 0.15) is 168 Å². The molecule has 0 heterocycles. The highest BCUT2D eigenvalue weighted by Gasteiger charge is 2.18. The monoisotopic (exact) mass is 638 g/mol. The van der Waals surface area contributed by atoms with Crippen molar-refractivity contribution in [2.45, 2.75) is 180 Å². The van der Waals surface area contributed by atoms with E-state index in [1.54, 1.807) is 0 Å². The first-order valence-electron chi connectivity index (χ1n) is 18.1. The molecular weight excluding hydrogens is 572 g/mol. The number of hydrogen-bond acceptors (Lipinski definition) is 6. The molecule has 0 aromatic rings. The predicted octanol–water partition coefficient (Wildman–Crippen LogP) is 7.53. The molecule has 262 valence electrons. The Bertz CT molecular complexity index is 787. The lowest BCUT2D eigenvalue weighted by atomic mass is 10.1. The SMILES string of the molecule is CCCCCCCC/C=C\C(CCCCCCC(=O)NCC(=O)NC(CO)C(=O)O)OC(=O)CCCCCCCCCCCC. The molecule has 45 heavy (non-hydrogen) atoms. The van der Waals surface area contributed by atoms with E-state index in [9.17, 15) is 19.2 Å². The first-order valence-corrected chi connectivity index (χ1v) is 18.1. The smallest absolute Gasteiger partial charge is 0.328 e. The van der Waals surface area contributed by atoms with Gasteiger partial charge in [0.15, 0.2) is 0 Å². The Morgan fingerprint density at radius 3 is 1.73 bits per heavy atom. The van der Waals surface area contributed by atoms with Crippen LogP contribution in [0.5, 0.6) is 0 Å². The molecule has 0 saturated carbocycles. The summed E-state index contributed by atoms with van der Waals surface area (Å²) in [5.74, 6) is -2.39. The Balaban J connectivity index is 4.32. The Labute approximate surface area is 273 Å². The van der Waals surface area contributed by atoms with E-state index >= 15 is 0 Å². The molecule has 0 aliphatic carbocycles. The number of rotatable bonds is 32. The largest absolute Gasteiger partial charge is 0.480 e. The molecule has 0 aliphatic rings. The molecule has 0 aliphatic heterocycles. The van der Waals surface area contributed by atoms with Gasteiger partial charge in [-0.1, -0.05) is 123 Å². The van der Waals surface area contributed by atoms with Crippen molar-refractivity contribution in [3.63, 3.8) is 0 Å². The summed E-state index contributed by atoms with van der Waals surface area (Å²) >= 11 is 0. The lowest BCUT2D eigenvalue weighted by Crippen LogP contribution is -2.47. The van der Waals surface area contributed by atoms with E-state index in [1.807, 2.05) is 0 Å². The first-order chi connectivity index (χ1) is 21.8. The minimum Gasteiger partial charge on any atom is -0.480 e. The number of allylic oxidation sites excluding steroid dienone is 1. The number of esters is 1. The third kappa shape index (κ3) is 28.8. The maximum Gasteiger partial charge on any atom is 0.328 e. The maximum atomic E-state index is 12.6. The van der Waals surface area contributed by atoms with Crippen LogP contribution in [0.25, 0.3) is 0 Å². The summed E-state index contributed by atoms with van der Waals surface area (Å²) in [6, 6.07) is -1.39. The topological polar surface area (TPSA) is 142 Å². The molecule has 0 rings (SSSR count). The normalized spacial score (nSPS) is 12.6. The molecule has 9 nitrogen and oxygen atoms in total. The summed E-state index contributed by atoms with van der Waals surface area (Å²) in [4.78, 5) is 47.2. The van der Waals surface area contributed by atoms with Crippen LogP contribution in [0.2, 0.25) is 0 Å². The van der Waals surface area contributed by atoms with Gasteiger partial charge in [-0.15, -0.1) is 0 Å². The third-order valence-electron chi connectivity index (χ3n) is 8.00. The van der Waals surface area contributed by atoms with Crippen LogP contribution < -0.4 is 10.6 Å². The average Bonchev–Trinajstić information content (AvgIpc) is 3.02. The Morgan fingerprint density at radius 2 is 1.18 bits per heavy atom. The van der Waals surface area contributed by atoms with Crippen molar-refractivity contribution in [2.24, 2.45) is 0 Å². The average molecular weight is 639 g/mol. The highest BCUT2D eigenvalue weighted by atomic mass is 16.5. The zero-order chi connectivity index (χ0) is 33.4. The summed E-state index contributed by atoms with van der Waals surface area (Å²) in [6.07, 6.45) is 29.7. The first kappa shape index (κ1) is 42.6. The molecule has 2 amide bonds. The minimum atomic E-state index is -1.39. The number of carbonyl (C=O) groups excluding carboxylic acids is 3. The number of hydrogen-bond donors (Lipinski definition) is 4. The Morgan fingerprint density at radius 1 is 0.667 bits per heavy atom. The lowest BCUT2D eigenvalue weighted by Gasteiger charge is -2.15. The highest BCUT2D eigenvalue weighted by Crippen LogP contribution is 2.15. The second-order valence-electron chi connectivity index (χ2n) is 12.3. The molecule has 0 radical (unpaired) electrons. The summed E-state index contributed by atoms with van der Waals surface area (Å²) < 4.78 is 5.86. The van der Waals surface area contributed by atoms with Crippen molar-refractivity contribution in [3.05, 3.63) is 12.2 Å². The van der Waals surface area contributed by atoms with Crippen molar-refractivity contribution in [1.82, 2.24) is 10.6 Å². The van der Waals surface area contributed by atoms with Gasteiger partial charge in [-0.3, -0.25) is 14.4 Å². The molecule has 0 spiro atoms. The van der Waals surface area contributed by atoms with Crippen LogP contribution in [0.4, 0.5) is 0 Å². The van der Waals surface area contributed by atoms with Gasteiger partial charge < -0.3 is 25.6 Å². The predicted molar refractivity (Wildman–Crippen MR) is 181 cm³/mol. The van der Waals surface area contributed by atoms with Gasteiger partial charge in [0.25, 0.3) is 0 Å². The number of nitrogens with one attached hydrogen (secondary N) is 2. The molecule has 2 atom stereocenters. The number of aliphatic carboxylic acids is 1. The minimum absolute atomic E-state index is 0.113. The molecule has 9 heteroatoms. The van der Waals surface area contributed by atoms with E-state index in [2.05, 4.69) is 36.6 Å². The summed E-state index contributed by atoms with van der Waals surface area (Å²) in [5.41, 5.74) is 0. The van der Waals surface area contributed by atoms with E-state index in [4.69, 9.17) is 14.9 Å². The number of unbranched alkanes of at least 4 members (excludes halogenated alkanes) is 18. The lowest BCUT2D eigenvalue weighted by molar-refractivity contribution is -0.147. The number of ether oxygens (including phenoxy) is 1. The van der Waals surface area contributed by atoms with Gasteiger partial charge in [0, 0.05) is 12.8 Å². The Hall–Kier alpha value is -2.42. The second-order valence-corrected chi connectivity index (χ2v) is 12.3. The van der Waals surface area contributed by atoms with Crippen molar-refractivity contribution in [3.8, 4) is 0 Å². The van der Waals surface area contributed by atoms with Gasteiger partial charge in [-0.05, 0) is 44.6 Å². The van der Waals surface area contributed by atoms with Crippen molar-refractivity contribution < 1.29 is 34.1 Å².